The zero-order valence-corrected chi connectivity index (χ0v) is 11.3. The summed E-state index contributed by atoms with van der Waals surface area (Å²) in [5.74, 6) is -0.522. The molecule has 2 aromatic carbocycles. The Kier molecular flexibility index (Phi) is 4.71. The Hall–Kier alpha value is -2.36. The number of anilines is 1. The van der Waals surface area contributed by atoms with Crippen LogP contribution in [0.5, 0.6) is 0 Å². The fourth-order valence-corrected chi connectivity index (χ4v) is 1.86. The lowest BCUT2D eigenvalue weighted by Gasteiger charge is -2.07. The maximum atomic E-state index is 13.4. The third kappa shape index (κ3) is 3.57. The van der Waals surface area contributed by atoms with Gasteiger partial charge in [0.15, 0.2) is 0 Å². The van der Waals surface area contributed by atoms with Gasteiger partial charge in [-0.2, -0.15) is 0 Å². The molecule has 0 spiro atoms. The number of hydrogen-bond donors (Lipinski definition) is 2. The Morgan fingerprint density at radius 3 is 2.45 bits per heavy atom. The van der Waals surface area contributed by atoms with Crippen molar-refractivity contribution in [1.29, 1.82) is 0 Å². The standard InChI is InChI=1S/C16H17FN2O/c1-2-18-14-9-7-12(8-10-14)16(20)19-11-13-5-3-4-6-15(13)17/h3-10,18H,2,11H2,1H3,(H,19,20). The lowest BCUT2D eigenvalue weighted by atomic mass is 10.1. The minimum Gasteiger partial charge on any atom is -0.385 e. The first kappa shape index (κ1) is 14.1. The Labute approximate surface area is 117 Å². The Bertz CT molecular complexity index is 581. The van der Waals surface area contributed by atoms with Gasteiger partial charge in [0.05, 0.1) is 0 Å². The van der Waals surface area contributed by atoms with Crippen LogP contribution in [0.15, 0.2) is 48.5 Å². The molecule has 4 heteroatoms. The molecule has 0 aromatic heterocycles. The van der Waals surface area contributed by atoms with Gasteiger partial charge < -0.3 is 10.6 Å². The monoisotopic (exact) mass is 272 g/mol. The third-order valence-corrected chi connectivity index (χ3v) is 2.93. The van der Waals surface area contributed by atoms with Gasteiger partial charge in [0.2, 0.25) is 0 Å². The Balaban J connectivity index is 1.96. The van der Waals surface area contributed by atoms with Gasteiger partial charge in [-0.15, -0.1) is 0 Å². The van der Waals surface area contributed by atoms with E-state index in [1.54, 1.807) is 30.3 Å². The van der Waals surface area contributed by atoms with Gasteiger partial charge in [0, 0.05) is 29.9 Å². The molecular formula is C16H17FN2O. The molecule has 104 valence electrons. The highest BCUT2D eigenvalue weighted by Crippen LogP contribution is 2.10. The molecular weight excluding hydrogens is 255 g/mol. The molecule has 3 nitrogen and oxygen atoms in total. The predicted octanol–water partition coefficient (Wildman–Crippen LogP) is 3.19. The molecule has 0 radical (unpaired) electrons. The third-order valence-electron chi connectivity index (χ3n) is 2.93. The number of benzene rings is 2. The summed E-state index contributed by atoms with van der Waals surface area (Å²) < 4.78 is 13.4. The van der Waals surface area contributed by atoms with E-state index in [-0.39, 0.29) is 18.3 Å². The first-order chi connectivity index (χ1) is 9.70. The van der Waals surface area contributed by atoms with Crippen LogP contribution in [0.3, 0.4) is 0 Å². The average Bonchev–Trinajstić information content (AvgIpc) is 2.47. The number of amides is 1. The van der Waals surface area contributed by atoms with Crippen molar-refractivity contribution in [3.05, 3.63) is 65.5 Å². The smallest absolute Gasteiger partial charge is 0.251 e. The van der Waals surface area contributed by atoms with E-state index in [1.165, 1.54) is 6.07 Å². The summed E-state index contributed by atoms with van der Waals surface area (Å²) in [5, 5.41) is 5.87. The number of hydrogen-bond acceptors (Lipinski definition) is 2. The second-order valence-corrected chi connectivity index (χ2v) is 4.38. The lowest BCUT2D eigenvalue weighted by Crippen LogP contribution is -2.23. The molecule has 1 amide bonds. The van der Waals surface area contributed by atoms with Crippen LogP contribution in [0.4, 0.5) is 10.1 Å². The normalized spacial score (nSPS) is 10.1. The molecule has 2 rings (SSSR count). The maximum Gasteiger partial charge on any atom is 0.251 e. The van der Waals surface area contributed by atoms with Crippen molar-refractivity contribution in [3.8, 4) is 0 Å². The second kappa shape index (κ2) is 6.70. The first-order valence-electron chi connectivity index (χ1n) is 6.56. The fourth-order valence-electron chi connectivity index (χ4n) is 1.86. The van der Waals surface area contributed by atoms with Crippen molar-refractivity contribution >= 4 is 11.6 Å². The van der Waals surface area contributed by atoms with Crippen LogP contribution in [0.1, 0.15) is 22.8 Å². The number of rotatable bonds is 5. The van der Waals surface area contributed by atoms with Crippen molar-refractivity contribution < 1.29 is 9.18 Å². The summed E-state index contributed by atoms with van der Waals surface area (Å²) >= 11 is 0. The van der Waals surface area contributed by atoms with Gasteiger partial charge in [-0.3, -0.25) is 4.79 Å². The number of nitrogens with one attached hydrogen (secondary N) is 2. The van der Waals surface area contributed by atoms with Crippen molar-refractivity contribution in [1.82, 2.24) is 5.32 Å². The summed E-state index contributed by atoms with van der Waals surface area (Å²) in [6, 6.07) is 13.6. The molecule has 0 saturated carbocycles. The number of carbonyl (C=O) groups excluding carboxylic acids is 1. The molecule has 20 heavy (non-hydrogen) atoms. The molecule has 0 aliphatic carbocycles. The van der Waals surface area contributed by atoms with E-state index in [1.807, 2.05) is 19.1 Å². The van der Waals surface area contributed by atoms with Crippen LogP contribution in [-0.2, 0) is 6.54 Å². The van der Waals surface area contributed by atoms with Gasteiger partial charge in [0.25, 0.3) is 5.91 Å². The van der Waals surface area contributed by atoms with Crippen LogP contribution in [-0.4, -0.2) is 12.5 Å². The molecule has 0 unspecified atom stereocenters. The molecule has 0 aliphatic rings. The number of carbonyl (C=O) groups is 1. The van der Waals surface area contributed by atoms with E-state index >= 15 is 0 Å². The van der Waals surface area contributed by atoms with Crippen LogP contribution < -0.4 is 10.6 Å². The van der Waals surface area contributed by atoms with E-state index in [4.69, 9.17) is 0 Å². The van der Waals surface area contributed by atoms with Crippen molar-refractivity contribution in [2.45, 2.75) is 13.5 Å². The van der Waals surface area contributed by atoms with Crippen molar-refractivity contribution in [3.63, 3.8) is 0 Å². The Morgan fingerprint density at radius 1 is 1.10 bits per heavy atom. The minimum atomic E-state index is -0.310. The molecule has 0 bridgehead atoms. The average molecular weight is 272 g/mol. The fraction of sp³-hybridized carbons (Fsp3) is 0.188. The Morgan fingerprint density at radius 2 is 1.80 bits per heavy atom. The highest BCUT2D eigenvalue weighted by molar-refractivity contribution is 5.94. The maximum absolute atomic E-state index is 13.4. The summed E-state index contributed by atoms with van der Waals surface area (Å²) in [7, 11) is 0. The first-order valence-corrected chi connectivity index (χ1v) is 6.56. The SMILES string of the molecule is CCNc1ccc(C(=O)NCc2ccccc2F)cc1. The highest BCUT2D eigenvalue weighted by atomic mass is 19.1. The lowest BCUT2D eigenvalue weighted by molar-refractivity contribution is 0.0950. The van der Waals surface area contributed by atoms with E-state index in [0.717, 1.165) is 12.2 Å². The van der Waals surface area contributed by atoms with Crippen molar-refractivity contribution in [2.75, 3.05) is 11.9 Å². The minimum absolute atomic E-state index is 0.181. The van der Waals surface area contributed by atoms with E-state index in [0.29, 0.717) is 11.1 Å². The van der Waals surface area contributed by atoms with Crippen LogP contribution in [0.25, 0.3) is 0 Å². The van der Waals surface area contributed by atoms with Gasteiger partial charge >= 0.3 is 0 Å². The largest absolute Gasteiger partial charge is 0.385 e. The molecule has 0 heterocycles. The van der Waals surface area contributed by atoms with Crippen LogP contribution in [0, 0.1) is 5.82 Å². The molecule has 2 aromatic rings. The summed E-state index contributed by atoms with van der Waals surface area (Å²) in [4.78, 5) is 11.9. The van der Waals surface area contributed by atoms with E-state index in [9.17, 15) is 9.18 Å². The van der Waals surface area contributed by atoms with Gasteiger partial charge in [0.1, 0.15) is 5.82 Å². The molecule has 0 atom stereocenters. The van der Waals surface area contributed by atoms with Crippen LogP contribution >= 0.6 is 0 Å². The zero-order valence-electron chi connectivity index (χ0n) is 11.3. The molecule has 0 aliphatic heterocycles. The molecule has 2 N–H and O–H groups in total. The zero-order chi connectivity index (χ0) is 14.4. The van der Waals surface area contributed by atoms with Crippen LogP contribution in [0.2, 0.25) is 0 Å². The van der Waals surface area contributed by atoms with Gasteiger partial charge in [-0.05, 0) is 37.3 Å². The molecule has 0 saturated heterocycles. The predicted molar refractivity (Wildman–Crippen MR) is 78.2 cm³/mol. The van der Waals surface area contributed by atoms with E-state index in [2.05, 4.69) is 10.6 Å². The van der Waals surface area contributed by atoms with Crippen molar-refractivity contribution in [2.24, 2.45) is 0 Å². The highest BCUT2D eigenvalue weighted by Gasteiger charge is 2.06. The molecule has 0 fully saturated rings. The van der Waals surface area contributed by atoms with E-state index < -0.39 is 0 Å². The summed E-state index contributed by atoms with van der Waals surface area (Å²) in [6.45, 7) is 3.02. The summed E-state index contributed by atoms with van der Waals surface area (Å²) in [5.41, 5.74) is 2.01. The topological polar surface area (TPSA) is 41.1 Å². The van der Waals surface area contributed by atoms with Gasteiger partial charge in [-0.1, -0.05) is 18.2 Å². The second-order valence-electron chi connectivity index (χ2n) is 4.38. The summed E-state index contributed by atoms with van der Waals surface area (Å²) in [6.07, 6.45) is 0. The van der Waals surface area contributed by atoms with Gasteiger partial charge in [-0.25, -0.2) is 4.39 Å². The number of halogens is 1. The quantitative estimate of drug-likeness (QED) is 0.877.